The predicted molar refractivity (Wildman–Crippen MR) is 136 cm³/mol. The summed E-state index contributed by atoms with van der Waals surface area (Å²) in [5, 5.41) is 27.9. The molecule has 0 aliphatic heterocycles. The Balaban J connectivity index is 1.72. The van der Waals surface area contributed by atoms with Gasteiger partial charge in [-0.15, -0.1) is 10.2 Å². The topological polar surface area (TPSA) is 164 Å². The number of amides is 2. The molecular weight excluding hydrogens is 475 g/mol. The van der Waals surface area contributed by atoms with E-state index in [2.05, 4.69) is 36.3 Å². The molecule has 0 bridgehead atoms. The summed E-state index contributed by atoms with van der Waals surface area (Å²) in [6, 6.07) is 6.48. The number of carbonyl (C=O) groups is 2. The van der Waals surface area contributed by atoms with Gasteiger partial charge in [0.05, 0.1) is 47.6 Å². The van der Waals surface area contributed by atoms with Crippen molar-refractivity contribution in [1.29, 1.82) is 0 Å². The number of anilines is 3. The van der Waals surface area contributed by atoms with Gasteiger partial charge in [0.2, 0.25) is 11.7 Å². The third kappa shape index (κ3) is 6.29. The van der Waals surface area contributed by atoms with Crippen molar-refractivity contribution in [2.24, 2.45) is 5.92 Å². The summed E-state index contributed by atoms with van der Waals surface area (Å²) in [4.78, 5) is 29.3. The standard InChI is InChI=1S/C22H22B3N7O5/c1-21(2,35)20-28-17(32-37-20)11-5-4-6-12(16(11)36-3)26-13-9-14(27-18(33)10-7-8-10)30-31-15(13)19(34)29-22(23,24)25/h4-6,9-10,35H,7-8H2,1-3H3,(H,29,34)(H2,26,27,30,33). The van der Waals surface area contributed by atoms with Crippen molar-refractivity contribution in [1.82, 2.24) is 25.7 Å². The monoisotopic (exact) mass is 497 g/mol. The van der Waals surface area contributed by atoms with Gasteiger partial charge in [-0.25, -0.2) is 0 Å². The van der Waals surface area contributed by atoms with Crippen molar-refractivity contribution in [2.45, 2.75) is 37.5 Å². The van der Waals surface area contributed by atoms with Crippen LogP contribution in [0.4, 0.5) is 17.2 Å². The predicted octanol–water partition coefficient (Wildman–Crippen LogP) is 0.701. The zero-order valence-corrected chi connectivity index (χ0v) is 20.4. The summed E-state index contributed by atoms with van der Waals surface area (Å²) in [6.45, 7) is 3.03. The molecule has 0 saturated heterocycles. The Hall–Kier alpha value is -3.87. The van der Waals surface area contributed by atoms with Gasteiger partial charge in [0.1, 0.15) is 5.60 Å². The largest absolute Gasteiger partial charge is 0.494 e. The van der Waals surface area contributed by atoms with Gasteiger partial charge in [0, 0.05) is 12.0 Å². The first-order valence-corrected chi connectivity index (χ1v) is 11.2. The van der Waals surface area contributed by atoms with Crippen LogP contribution in [-0.4, -0.2) is 73.1 Å². The molecule has 184 valence electrons. The number of nitrogens with one attached hydrogen (secondary N) is 3. The number of methoxy groups -OCH3 is 1. The van der Waals surface area contributed by atoms with E-state index in [1.807, 2.05) is 0 Å². The SMILES string of the molecule is [B]C([B])([B])NC(=O)c1nnc(NC(=O)C2CC2)cc1Nc1cccc(-c2noc(C(C)(C)O)n2)c1OC. The van der Waals surface area contributed by atoms with Crippen LogP contribution in [-0.2, 0) is 10.4 Å². The van der Waals surface area contributed by atoms with Crippen LogP contribution in [0.3, 0.4) is 0 Å². The molecule has 2 amide bonds. The molecule has 1 aliphatic carbocycles. The second-order valence-corrected chi connectivity index (χ2v) is 9.14. The minimum Gasteiger partial charge on any atom is -0.494 e. The number of benzene rings is 1. The van der Waals surface area contributed by atoms with Crippen molar-refractivity contribution >= 4 is 52.5 Å². The molecule has 0 atom stereocenters. The van der Waals surface area contributed by atoms with Gasteiger partial charge in [-0.05, 0) is 38.8 Å². The number of ether oxygens (including phenoxy) is 1. The number of carbonyl (C=O) groups excluding carboxylic acids is 2. The van der Waals surface area contributed by atoms with E-state index in [0.29, 0.717) is 17.0 Å². The molecule has 2 aromatic heterocycles. The lowest BCUT2D eigenvalue weighted by Gasteiger charge is -2.23. The quantitative estimate of drug-likeness (QED) is 0.310. The van der Waals surface area contributed by atoms with E-state index >= 15 is 0 Å². The average Bonchev–Trinajstić information content (AvgIpc) is 3.53. The van der Waals surface area contributed by atoms with E-state index < -0.39 is 16.7 Å². The second kappa shape index (κ2) is 9.89. The van der Waals surface area contributed by atoms with Crippen LogP contribution in [0.1, 0.15) is 43.1 Å². The maximum Gasteiger partial charge on any atom is 0.272 e. The number of aliphatic hydroxyl groups is 1. The first-order valence-electron chi connectivity index (χ1n) is 11.2. The van der Waals surface area contributed by atoms with E-state index in [1.165, 1.54) is 27.0 Å². The zero-order chi connectivity index (χ0) is 27.0. The minimum atomic E-state index is -2.01. The van der Waals surface area contributed by atoms with E-state index in [-0.39, 0.29) is 40.7 Å². The lowest BCUT2D eigenvalue weighted by atomic mass is 9.49. The number of hydrogen-bond acceptors (Lipinski definition) is 10. The first-order chi connectivity index (χ1) is 17.4. The van der Waals surface area contributed by atoms with Gasteiger partial charge in [0.15, 0.2) is 17.3 Å². The molecule has 0 spiro atoms. The molecule has 1 aromatic carbocycles. The molecule has 15 heteroatoms. The molecule has 1 saturated carbocycles. The molecular formula is C22H22B3N7O5. The number of para-hydroxylation sites is 1. The highest BCUT2D eigenvalue weighted by molar-refractivity contribution is 6.60. The van der Waals surface area contributed by atoms with Crippen molar-refractivity contribution in [2.75, 3.05) is 17.7 Å². The highest BCUT2D eigenvalue weighted by atomic mass is 16.5. The van der Waals surface area contributed by atoms with Crippen LogP contribution in [0.2, 0.25) is 0 Å². The molecule has 2 heterocycles. The summed E-state index contributed by atoms with van der Waals surface area (Å²) in [7, 11) is 18.0. The van der Waals surface area contributed by atoms with E-state index in [1.54, 1.807) is 18.2 Å². The fraction of sp³-hybridized carbons (Fsp3) is 0.364. The summed E-state index contributed by atoms with van der Waals surface area (Å²) in [5.41, 5.74) is -0.581. The maximum absolute atomic E-state index is 12.8. The van der Waals surface area contributed by atoms with Crippen LogP contribution in [0.15, 0.2) is 28.8 Å². The Bertz CT molecular complexity index is 1330. The summed E-state index contributed by atoms with van der Waals surface area (Å²) < 4.78 is 10.8. The smallest absolute Gasteiger partial charge is 0.272 e. The van der Waals surface area contributed by atoms with Gasteiger partial charge in [-0.3, -0.25) is 9.59 Å². The molecule has 1 aliphatic rings. The van der Waals surface area contributed by atoms with Crippen molar-refractivity contribution < 1.29 is 24.0 Å². The second-order valence-electron chi connectivity index (χ2n) is 9.14. The molecule has 3 aromatic rings. The van der Waals surface area contributed by atoms with Crippen molar-refractivity contribution in [3.63, 3.8) is 0 Å². The Morgan fingerprint density at radius 3 is 2.49 bits per heavy atom. The zero-order valence-electron chi connectivity index (χ0n) is 20.4. The van der Waals surface area contributed by atoms with E-state index in [4.69, 9.17) is 32.8 Å². The highest BCUT2D eigenvalue weighted by Gasteiger charge is 2.30. The number of rotatable bonds is 9. The average molecular weight is 497 g/mol. The van der Waals surface area contributed by atoms with Gasteiger partial charge in [-0.1, -0.05) is 16.5 Å². The Morgan fingerprint density at radius 1 is 1.16 bits per heavy atom. The van der Waals surface area contributed by atoms with Crippen LogP contribution < -0.4 is 20.7 Å². The molecule has 1 fully saturated rings. The van der Waals surface area contributed by atoms with Crippen LogP contribution in [0, 0.1) is 5.92 Å². The molecule has 4 N–H and O–H groups in total. The maximum atomic E-state index is 12.8. The normalized spacial score (nSPS) is 13.6. The van der Waals surface area contributed by atoms with E-state index in [9.17, 15) is 14.7 Å². The van der Waals surface area contributed by atoms with Gasteiger partial charge < -0.3 is 30.3 Å². The summed E-state index contributed by atoms with van der Waals surface area (Å²) in [6.07, 6.45) is 1.59. The Labute approximate surface area is 216 Å². The lowest BCUT2D eigenvalue weighted by Crippen LogP contribution is -2.50. The molecule has 6 radical (unpaired) electrons. The van der Waals surface area contributed by atoms with Crippen molar-refractivity contribution in [3.8, 4) is 17.1 Å². The summed E-state index contributed by atoms with van der Waals surface area (Å²) in [5.74, 6) is -0.479. The molecule has 37 heavy (non-hydrogen) atoms. The number of hydrogen-bond donors (Lipinski definition) is 4. The molecule has 4 rings (SSSR count). The Morgan fingerprint density at radius 2 is 1.89 bits per heavy atom. The van der Waals surface area contributed by atoms with Crippen LogP contribution >= 0.6 is 0 Å². The van der Waals surface area contributed by atoms with Gasteiger partial charge >= 0.3 is 0 Å². The van der Waals surface area contributed by atoms with E-state index in [0.717, 1.165) is 12.8 Å². The molecule has 12 nitrogen and oxygen atoms in total. The minimum absolute atomic E-state index is 0.0186. The fourth-order valence-corrected chi connectivity index (χ4v) is 3.30. The van der Waals surface area contributed by atoms with Gasteiger partial charge in [-0.2, -0.15) is 4.98 Å². The van der Waals surface area contributed by atoms with Crippen LogP contribution in [0.5, 0.6) is 5.75 Å². The molecule has 0 unspecified atom stereocenters. The summed E-state index contributed by atoms with van der Waals surface area (Å²) >= 11 is 0. The lowest BCUT2D eigenvalue weighted by molar-refractivity contribution is -0.117. The van der Waals surface area contributed by atoms with Crippen LogP contribution in [0.25, 0.3) is 11.4 Å². The number of nitrogens with zero attached hydrogens (tertiary/aromatic N) is 4. The fourth-order valence-electron chi connectivity index (χ4n) is 3.30. The first kappa shape index (κ1) is 26.2. The van der Waals surface area contributed by atoms with Crippen molar-refractivity contribution in [3.05, 3.63) is 35.9 Å². The third-order valence-corrected chi connectivity index (χ3v) is 5.22. The highest BCUT2D eigenvalue weighted by Crippen LogP contribution is 2.38. The Kier molecular flexibility index (Phi) is 7.00. The number of aromatic nitrogens is 4. The third-order valence-electron chi connectivity index (χ3n) is 5.22. The van der Waals surface area contributed by atoms with Gasteiger partial charge in [0.25, 0.3) is 11.8 Å².